The van der Waals surface area contributed by atoms with Crippen LogP contribution in [0, 0.1) is 13.8 Å². The molecule has 0 atom stereocenters. The van der Waals surface area contributed by atoms with Crippen molar-refractivity contribution in [2.75, 3.05) is 7.11 Å². The monoisotopic (exact) mass is 296 g/mol. The Labute approximate surface area is 131 Å². The van der Waals surface area contributed by atoms with Gasteiger partial charge in [0.15, 0.2) is 0 Å². The molecule has 0 saturated carbocycles. The zero-order valence-electron chi connectivity index (χ0n) is 13.4. The summed E-state index contributed by atoms with van der Waals surface area (Å²) < 4.78 is 10.5. The van der Waals surface area contributed by atoms with E-state index in [9.17, 15) is 4.79 Å². The molecule has 0 aliphatic rings. The summed E-state index contributed by atoms with van der Waals surface area (Å²) in [5.41, 5.74) is 4.73. The van der Waals surface area contributed by atoms with Crippen molar-refractivity contribution in [3.63, 3.8) is 0 Å². The molecule has 3 heteroatoms. The zero-order valence-corrected chi connectivity index (χ0v) is 13.4. The van der Waals surface area contributed by atoms with Crippen LogP contribution in [0.1, 0.15) is 18.1 Å². The predicted molar refractivity (Wildman–Crippen MR) is 88.4 cm³/mol. The molecule has 0 radical (unpaired) electrons. The van der Waals surface area contributed by atoms with Gasteiger partial charge in [0, 0.05) is 5.57 Å². The Morgan fingerprint density at radius 1 is 1.00 bits per heavy atom. The summed E-state index contributed by atoms with van der Waals surface area (Å²) >= 11 is 0. The second kappa shape index (κ2) is 6.48. The van der Waals surface area contributed by atoms with E-state index in [0.29, 0.717) is 11.3 Å². The lowest BCUT2D eigenvalue weighted by molar-refractivity contribution is -0.130. The molecule has 114 valence electrons. The molecule has 0 N–H and O–H groups in total. The van der Waals surface area contributed by atoms with Crippen molar-refractivity contribution >= 4 is 5.97 Å². The molecule has 0 heterocycles. The molecular weight excluding hydrogens is 276 g/mol. The van der Waals surface area contributed by atoms with E-state index in [2.05, 4.69) is 6.58 Å². The van der Waals surface area contributed by atoms with E-state index in [4.69, 9.17) is 9.47 Å². The summed E-state index contributed by atoms with van der Waals surface area (Å²) in [6.45, 7) is 9.23. The first-order valence-corrected chi connectivity index (χ1v) is 7.05. The van der Waals surface area contributed by atoms with Gasteiger partial charge >= 0.3 is 5.97 Å². The number of ether oxygens (including phenoxy) is 2. The highest BCUT2D eigenvalue weighted by atomic mass is 16.5. The van der Waals surface area contributed by atoms with Crippen molar-refractivity contribution in [1.82, 2.24) is 0 Å². The lowest BCUT2D eigenvalue weighted by Crippen LogP contribution is -2.08. The third-order valence-electron chi connectivity index (χ3n) is 3.44. The Kier molecular flexibility index (Phi) is 4.66. The quantitative estimate of drug-likeness (QED) is 0.474. The number of hydrogen-bond acceptors (Lipinski definition) is 3. The van der Waals surface area contributed by atoms with Crippen LogP contribution in [0.15, 0.2) is 48.6 Å². The van der Waals surface area contributed by atoms with Gasteiger partial charge in [-0.05, 0) is 67.3 Å². The molecule has 22 heavy (non-hydrogen) atoms. The first-order chi connectivity index (χ1) is 10.4. The molecule has 2 aromatic rings. The second-order valence-electron chi connectivity index (χ2n) is 5.33. The molecule has 0 aliphatic carbocycles. The third-order valence-corrected chi connectivity index (χ3v) is 3.44. The van der Waals surface area contributed by atoms with Gasteiger partial charge in [-0.15, -0.1) is 0 Å². The van der Waals surface area contributed by atoms with Crippen LogP contribution in [0.25, 0.3) is 11.1 Å². The lowest BCUT2D eigenvalue weighted by atomic mass is 9.95. The number of carbonyl (C=O) groups is 1. The van der Waals surface area contributed by atoms with Crippen LogP contribution in [0.5, 0.6) is 11.5 Å². The molecule has 0 amide bonds. The van der Waals surface area contributed by atoms with Crippen molar-refractivity contribution in [3.8, 4) is 22.6 Å². The number of rotatable bonds is 4. The molecule has 0 unspecified atom stereocenters. The first-order valence-electron chi connectivity index (χ1n) is 7.05. The molecule has 3 nitrogen and oxygen atoms in total. The molecule has 0 aromatic heterocycles. The number of carbonyl (C=O) groups excluding carboxylic acids is 1. The summed E-state index contributed by atoms with van der Waals surface area (Å²) in [6.07, 6.45) is 0. The van der Waals surface area contributed by atoms with Gasteiger partial charge in [-0.25, -0.2) is 4.79 Å². The van der Waals surface area contributed by atoms with Gasteiger partial charge in [0.2, 0.25) is 0 Å². The van der Waals surface area contributed by atoms with Crippen molar-refractivity contribution < 1.29 is 14.3 Å². The minimum absolute atomic E-state index is 0.384. The number of hydrogen-bond donors (Lipinski definition) is 0. The van der Waals surface area contributed by atoms with Crippen LogP contribution in [0.3, 0.4) is 0 Å². The summed E-state index contributed by atoms with van der Waals surface area (Å²) in [6, 6.07) is 11.6. The first kappa shape index (κ1) is 15.8. The largest absolute Gasteiger partial charge is 0.497 e. The Bertz CT molecular complexity index is 689. The average Bonchev–Trinajstić information content (AvgIpc) is 2.47. The Balaban J connectivity index is 2.37. The summed E-state index contributed by atoms with van der Waals surface area (Å²) in [7, 11) is 1.65. The van der Waals surface area contributed by atoms with Crippen LogP contribution in [-0.2, 0) is 4.79 Å². The topological polar surface area (TPSA) is 35.5 Å². The van der Waals surface area contributed by atoms with E-state index in [1.54, 1.807) is 14.0 Å². The van der Waals surface area contributed by atoms with Crippen LogP contribution in [0.2, 0.25) is 0 Å². The highest BCUT2D eigenvalue weighted by Gasteiger charge is 2.11. The van der Waals surface area contributed by atoms with Gasteiger partial charge in [-0.1, -0.05) is 18.7 Å². The van der Waals surface area contributed by atoms with E-state index >= 15 is 0 Å². The van der Waals surface area contributed by atoms with Gasteiger partial charge in [-0.3, -0.25) is 0 Å². The van der Waals surface area contributed by atoms with E-state index < -0.39 is 5.97 Å². The van der Waals surface area contributed by atoms with Crippen molar-refractivity contribution in [2.24, 2.45) is 0 Å². The Morgan fingerprint density at radius 2 is 1.55 bits per heavy atom. The fourth-order valence-corrected chi connectivity index (χ4v) is 2.39. The number of aryl methyl sites for hydroxylation is 2. The molecule has 0 saturated heterocycles. The van der Waals surface area contributed by atoms with Gasteiger partial charge in [-0.2, -0.15) is 0 Å². The predicted octanol–water partition coefficient (Wildman–Crippen LogP) is 4.46. The van der Waals surface area contributed by atoms with E-state index in [1.807, 2.05) is 50.2 Å². The van der Waals surface area contributed by atoms with Crippen molar-refractivity contribution in [2.45, 2.75) is 20.8 Å². The normalized spacial score (nSPS) is 10.2. The maximum atomic E-state index is 11.6. The third kappa shape index (κ3) is 3.37. The van der Waals surface area contributed by atoms with Crippen LogP contribution >= 0.6 is 0 Å². The zero-order chi connectivity index (χ0) is 16.3. The SMILES string of the molecule is C=C(C)C(=O)Oc1cc(C)c(-c2ccc(OC)cc2)c(C)c1. The van der Waals surface area contributed by atoms with Crippen molar-refractivity contribution in [3.05, 3.63) is 59.7 Å². The van der Waals surface area contributed by atoms with Crippen molar-refractivity contribution in [1.29, 1.82) is 0 Å². The molecule has 2 aromatic carbocycles. The van der Waals surface area contributed by atoms with Gasteiger partial charge in [0.25, 0.3) is 0 Å². The van der Waals surface area contributed by atoms with Gasteiger partial charge < -0.3 is 9.47 Å². The molecular formula is C19H20O3. The minimum Gasteiger partial charge on any atom is -0.497 e. The lowest BCUT2D eigenvalue weighted by Gasteiger charge is -2.13. The smallest absolute Gasteiger partial charge is 0.338 e. The molecule has 0 spiro atoms. The highest BCUT2D eigenvalue weighted by Crippen LogP contribution is 2.32. The maximum Gasteiger partial charge on any atom is 0.338 e. The van der Waals surface area contributed by atoms with E-state index in [1.165, 1.54) is 0 Å². The fraction of sp³-hybridized carbons (Fsp3) is 0.211. The van der Waals surface area contributed by atoms with E-state index in [0.717, 1.165) is 28.0 Å². The molecule has 0 aliphatic heterocycles. The Morgan fingerprint density at radius 3 is 2.00 bits per heavy atom. The highest BCUT2D eigenvalue weighted by molar-refractivity contribution is 5.89. The fourth-order valence-electron chi connectivity index (χ4n) is 2.39. The summed E-state index contributed by atoms with van der Waals surface area (Å²) in [5, 5.41) is 0. The summed E-state index contributed by atoms with van der Waals surface area (Å²) in [4.78, 5) is 11.6. The van der Waals surface area contributed by atoms with E-state index in [-0.39, 0.29) is 0 Å². The van der Waals surface area contributed by atoms with Gasteiger partial charge in [0.05, 0.1) is 7.11 Å². The van der Waals surface area contributed by atoms with Crippen LogP contribution in [-0.4, -0.2) is 13.1 Å². The van der Waals surface area contributed by atoms with Crippen LogP contribution < -0.4 is 9.47 Å². The number of benzene rings is 2. The van der Waals surface area contributed by atoms with Crippen LogP contribution in [0.4, 0.5) is 0 Å². The van der Waals surface area contributed by atoms with Gasteiger partial charge in [0.1, 0.15) is 11.5 Å². The number of methoxy groups -OCH3 is 1. The number of esters is 1. The Hall–Kier alpha value is -2.55. The minimum atomic E-state index is -0.406. The molecule has 2 rings (SSSR count). The molecule has 0 bridgehead atoms. The second-order valence-corrected chi connectivity index (χ2v) is 5.33. The maximum absolute atomic E-state index is 11.6. The molecule has 0 fully saturated rings. The standard InChI is InChI=1S/C19H20O3/c1-12(2)19(20)22-17-10-13(3)18(14(4)11-17)15-6-8-16(21-5)9-7-15/h6-11H,1H2,2-5H3. The average molecular weight is 296 g/mol. The summed E-state index contributed by atoms with van der Waals surface area (Å²) in [5.74, 6) is 0.960.